The summed E-state index contributed by atoms with van der Waals surface area (Å²) in [5.41, 5.74) is 1.11. The van der Waals surface area contributed by atoms with E-state index >= 15 is 0 Å². The molecule has 1 N–H and O–H groups in total. The first-order chi connectivity index (χ1) is 13.0. The smallest absolute Gasteiger partial charge is 0.314 e. The Morgan fingerprint density at radius 2 is 1.63 bits per heavy atom. The Hall–Kier alpha value is -2.33. The fraction of sp³-hybridized carbons (Fsp3) is 0.364. The molecule has 0 bridgehead atoms. The third kappa shape index (κ3) is 4.51. The molecule has 0 radical (unpaired) electrons. The second kappa shape index (κ2) is 8.57. The van der Waals surface area contributed by atoms with E-state index < -0.39 is 11.4 Å². The second-order valence-electron chi connectivity index (χ2n) is 7.11. The Balaban J connectivity index is 1.54. The van der Waals surface area contributed by atoms with Crippen LogP contribution in [0.15, 0.2) is 54.6 Å². The average Bonchev–Trinajstić information content (AvgIpc) is 2.70. The zero-order valence-corrected chi connectivity index (χ0v) is 16.0. The van der Waals surface area contributed by atoms with E-state index in [2.05, 4.69) is 0 Å². The molecule has 27 heavy (non-hydrogen) atoms. The van der Waals surface area contributed by atoms with Crippen molar-refractivity contribution >= 4 is 23.5 Å². The number of benzene rings is 2. The predicted molar refractivity (Wildman–Crippen MR) is 106 cm³/mol. The monoisotopic (exact) mass is 385 g/mol. The quantitative estimate of drug-likeness (QED) is 0.806. The van der Waals surface area contributed by atoms with Crippen LogP contribution in [0.4, 0.5) is 0 Å². The first kappa shape index (κ1) is 19.4. The summed E-state index contributed by atoms with van der Waals surface area (Å²) >= 11 is 5.88. The maximum Gasteiger partial charge on any atom is 0.314 e. The van der Waals surface area contributed by atoms with Crippen LogP contribution >= 0.6 is 11.6 Å². The number of hydrogen-bond acceptors (Lipinski definition) is 2. The van der Waals surface area contributed by atoms with E-state index in [0.717, 1.165) is 18.4 Å². The highest BCUT2D eigenvalue weighted by atomic mass is 35.5. The molecule has 0 aromatic heterocycles. The maximum absolute atomic E-state index is 12.5. The third-order valence-corrected chi connectivity index (χ3v) is 5.73. The van der Waals surface area contributed by atoms with Crippen LogP contribution in [0.3, 0.4) is 0 Å². The molecule has 4 nitrogen and oxygen atoms in total. The van der Waals surface area contributed by atoms with Crippen molar-refractivity contribution in [3.8, 4) is 0 Å². The number of likely N-dealkylation sites (tertiary alicyclic amines) is 1. The maximum atomic E-state index is 12.5. The zero-order chi connectivity index (χ0) is 19.3. The molecule has 5 heteroatoms. The lowest BCUT2D eigenvalue weighted by atomic mass is 9.73. The lowest BCUT2D eigenvalue weighted by Gasteiger charge is -2.39. The van der Waals surface area contributed by atoms with Crippen LogP contribution in [-0.2, 0) is 21.4 Å². The highest BCUT2D eigenvalue weighted by Gasteiger charge is 2.43. The number of carbonyl (C=O) groups excluding carboxylic acids is 1. The molecule has 1 fully saturated rings. The number of carboxylic acids is 1. The van der Waals surface area contributed by atoms with Crippen LogP contribution in [0.5, 0.6) is 0 Å². The summed E-state index contributed by atoms with van der Waals surface area (Å²) in [5.74, 6) is -0.695. The average molecular weight is 386 g/mol. The summed E-state index contributed by atoms with van der Waals surface area (Å²) < 4.78 is 0. The molecular formula is C22H24ClNO3. The van der Waals surface area contributed by atoms with E-state index in [9.17, 15) is 14.7 Å². The Morgan fingerprint density at radius 3 is 2.22 bits per heavy atom. The number of piperidine rings is 1. The predicted octanol–water partition coefficient (Wildman–Crippen LogP) is 4.31. The highest BCUT2D eigenvalue weighted by molar-refractivity contribution is 6.30. The van der Waals surface area contributed by atoms with Gasteiger partial charge in [-0.15, -0.1) is 0 Å². The molecule has 1 aliphatic rings. The summed E-state index contributed by atoms with van der Waals surface area (Å²) in [5, 5.41) is 10.6. The number of carbonyl (C=O) groups is 2. The number of aryl methyl sites for hydroxylation is 1. The Morgan fingerprint density at radius 1 is 1.00 bits per heavy atom. The van der Waals surface area contributed by atoms with E-state index in [4.69, 9.17) is 11.6 Å². The van der Waals surface area contributed by atoms with Crippen molar-refractivity contribution in [1.29, 1.82) is 0 Å². The minimum absolute atomic E-state index is 0.107. The Labute approximate surface area is 164 Å². The molecule has 0 atom stereocenters. The van der Waals surface area contributed by atoms with Gasteiger partial charge in [0.2, 0.25) is 5.91 Å². The van der Waals surface area contributed by atoms with Gasteiger partial charge in [0, 0.05) is 24.5 Å². The van der Waals surface area contributed by atoms with Gasteiger partial charge in [-0.1, -0.05) is 54.1 Å². The minimum atomic E-state index is -0.888. The summed E-state index contributed by atoms with van der Waals surface area (Å²) in [6.07, 6.45) is 3.00. The molecule has 1 heterocycles. The summed E-state index contributed by atoms with van der Waals surface area (Å²) in [4.78, 5) is 26.3. The van der Waals surface area contributed by atoms with Gasteiger partial charge in [-0.05, 0) is 48.9 Å². The standard InChI is InChI=1S/C22H24ClNO3/c23-19-11-9-17(10-12-19)5-4-8-20(25)24-15-13-22(14-16-24,21(26)27)18-6-2-1-3-7-18/h1-3,6-7,9-12H,4-5,8,13-16H2,(H,26,27). The second-order valence-corrected chi connectivity index (χ2v) is 7.55. The third-order valence-electron chi connectivity index (χ3n) is 5.47. The molecule has 2 aromatic rings. The molecule has 0 aliphatic carbocycles. The lowest BCUT2D eigenvalue weighted by molar-refractivity contribution is -0.148. The molecule has 0 saturated carbocycles. The summed E-state index contributed by atoms with van der Waals surface area (Å²) in [6, 6.07) is 17.1. The number of aliphatic carboxylic acids is 1. The van der Waals surface area contributed by atoms with Crippen molar-refractivity contribution in [1.82, 2.24) is 4.90 Å². The topological polar surface area (TPSA) is 57.6 Å². The number of rotatable bonds is 6. The SMILES string of the molecule is O=C(CCCc1ccc(Cl)cc1)N1CCC(C(=O)O)(c2ccccc2)CC1. The van der Waals surface area contributed by atoms with Gasteiger partial charge >= 0.3 is 5.97 Å². The van der Waals surface area contributed by atoms with E-state index in [1.54, 1.807) is 0 Å². The van der Waals surface area contributed by atoms with Gasteiger partial charge in [0.1, 0.15) is 0 Å². The van der Waals surface area contributed by atoms with Gasteiger partial charge in [0.25, 0.3) is 0 Å². The molecule has 3 rings (SSSR count). The first-order valence-electron chi connectivity index (χ1n) is 9.32. The zero-order valence-electron chi connectivity index (χ0n) is 15.2. The number of halogens is 1. The fourth-order valence-electron chi connectivity index (χ4n) is 3.77. The number of carboxylic acid groups (broad SMARTS) is 1. The normalized spacial score (nSPS) is 16.1. The Kier molecular flexibility index (Phi) is 6.17. The van der Waals surface area contributed by atoms with Crippen molar-refractivity contribution in [3.63, 3.8) is 0 Å². The highest BCUT2D eigenvalue weighted by Crippen LogP contribution is 2.36. The minimum Gasteiger partial charge on any atom is -0.481 e. The van der Waals surface area contributed by atoms with E-state index in [-0.39, 0.29) is 5.91 Å². The molecular weight excluding hydrogens is 362 g/mol. The van der Waals surface area contributed by atoms with Gasteiger partial charge in [-0.25, -0.2) is 0 Å². The lowest BCUT2D eigenvalue weighted by Crippen LogP contribution is -2.49. The Bertz CT molecular complexity index is 781. The molecule has 0 unspecified atom stereocenters. The van der Waals surface area contributed by atoms with Crippen molar-refractivity contribution in [3.05, 3.63) is 70.7 Å². The van der Waals surface area contributed by atoms with Crippen LogP contribution in [0.2, 0.25) is 5.02 Å². The first-order valence-corrected chi connectivity index (χ1v) is 9.70. The number of hydrogen-bond donors (Lipinski definition) is 1. The van der Waals surface area contributed by atoms with Gasteiger partial charge in [-0.2, -0.15) is 0 Å². The van der Waals surface area contributed by atoms with E-state index in [1.165, 1.54) is 5.56 Å². The van der Waals surface area contributed by atoms with E-state index in [1.807, 2.05) is 59.5 Å². The molecule has 1 saturated heterocycles. The largest absolute Gasteiger partial charge is 0.481 e. The fourth-order valence-corrected chi connectivity index (χ4v) is 3.90. The van der Waals surface area contributed by atoms with Gasteiger partial charge < -0.3 is 10.0 Å². The van der Waals surface area contributed by atoms with Crippen molar-refractivity contribution in [2.24, 2.45) is 0 Å². The molecule has 142 valence electrons. The molecule has 2 aromatic carbocycles. The molecule has 1 amide bonds. The van der Waals surface area contributed by atoms with Crippen LogP contribution in [0, 0.1) is 0 Å². The van der Waals surface area contributed by atoms with Crippen molar-refractivity contribution < 1.29 is 14.7 Å². The van der Waals surface area contributed by atoms with Crippen LogP contribution in [0.1, 0.15) is 36.8 Å². The number of amides is 1. The van der Waals surface area contributed by atoms with Crippen LogP contribution in [-0.4, -0.2) is 35.0 Å². The van der Waals surface area contributed by atoms with Gasteiger partial charge in [0.15, 0.2) is 0 Å². The summed E-state index contributed by atoms with van der Waals surface area (Å²) in [6.45, 7) is 0.974. The molecule has 1 aliphatic heterocycles. The van der Waals surface area contributed by atoms with Gasteiger partial charge in [0.05, 0.1) is 5.41 Å². The molecule has 0 spiro atoms. The number of nitrogens with zero attached hydrogens (tertiary/aromatic N) is 1. The van der Waals surface area contributed by atoms with Gasteiger partial charge in [-0.3, -0.25) is 9.59 Å². The van der Waals surface area contributed by atoms with Crippen LogP contribution < -0.4 is 0 Å². The van der Waals surface area contributed by atoms with Crippen molar-refractivity contribution in [2.75, 3.05) is 13.1 Å². The summed E-state index contributed by atoms with van der Waals surface area (Å²) in [7, 11) is 0. The van der Waals surface area contributed by atoms with Crippen molar-refractivity contribution in [2.45, 2.75) is 37.5 Å². The van der Waals surface area contributed by atoms with E-state index in [0.29, 0.717) is 37.4 Å². The van der Waals surface area contributed by atoms with Crippen LogP contribution in [0.25, 0.3) is 0 Å².